The zero-order valence-corrected chi connectivity index (χ0v) is 19.8. The fourth-order valence-electron chi connectivity index (χ4n) is 3.77. The molecule has 0 N–H and O–H groups in total. The Bertz CT molecular complexity index is 1560. The molecule has 5 rings (SSSR count). The summed E-state index contributed by atoms with van der Waals surface area (Å²) in [7, 11) is 0. The van der Waals surface area contributed by atoms with Gasteiger partial charge in [0.25, 0.3) is 0 Å². The molecule has 1 aromatic carbocycles. The Morgan fingerprint density at radius 2 is 1.69 bits per heavy atom. The maximum atomic E-state index is 4.85. The van der Waals surface area contributed by atoms with E-state index in [4.69, 9.17) is 20.1 Å². The van der Waals surface area contributed by atoms with Gasteiger partial charge in [-0.05, 0) is 49.2 Å². The Morgan fingerprint density at radius 3 is 2.51 bits per heavy atom. The Balaban J connectivity index is 1.60. The van der Waals surface area contributed by atoms with Crippen molar-refractivity contribution in [1.82, 2.24) is 29.5 Å². The third-order valence-corrected chi connectivity index (χ3v) is 5.61. The summed E-state index contributed by atoms with van der Waals surface area (Å²) in [5, 5.41) is 5.97. The smallest absolute Gasteiger partial charge is 0.184 e. The van der Waals surface area contributed by atoms with E-state index >= 15 is 0 Å². The SMILES string of the molecule is CCC\C=C/C=C\C=C(/C)c1nc(-c2ccccn2)nc(-c2cc3ccc4ccccc4n3n2)n1. The molecule has 35 heavy (non-hydrogen) atoms. The summed E-state index contributed by atoms with van der Waals surface area (Å²) in [5.74, 6) is 1.63. The topological polar surface area (TPSA) is 68.9 Å². The largest absolute Gasteiger partial charge is 0.253 e. The van der Waals surface area contributed by atoms with Crippen molar-refractivity contribution in [2.45, 2.75) is 26.7 Å². The number of benzene rings is 1. The third kappa shape index (κ3) is 4.92. The molecule has 6 nitrogen and oxygen atoms in total. The van der Waals surface area contributed by atoms with Crippen LogP contribution in [0.5, 0.6) is 0 Å². The minimum absolute atomic E-state index is 0.517. The summed E-state index contributed by atoms with van der Waals surface area (Å²) >= 11 is 0. The van der Waals surface area contributed by atoms with Crippen LogP contribution in [0.4, 0.5) is 0 Å². The predicted molar refractivity (Wildman–Crippen MR) is 142 cm³/mol. The number of unbranched alkanes of at least 4 members (excludes halogenated alkanes) is 1. The minimum atomic E-state index is 0.517. The molecule has 0 fully saturated rings. The number of aromatic nitrogens is 6. The number of hydrogen-bond acceptors (Lipinski definition) is 5. The van der Waals surface area contributed by atoms with Crippen molar-refractivity contribution in [2.75, 3.05) is 0 Å². The number of pyridine rings is 2. The lowest BCUT2D eigenvalue weighted by molar-refractivity contribution is 0.959. The van der Waals surface area contributed by atoms with Crippen LogP contribution in [-0.4, -0.2) is 29.5 Å². The van der Waals surface area contributed by atoms with E-state index in [0.717, 1.165) is 34.8 Å². The lowest BCUT2D eigenvalue weighted by atomic mass is 10.2. The lowest BCUT2D eigenvalue weighted by Crippen LogP contribution is -2.03. The van der Waals surface area contributed by atoms with E-state index in [0.29, 0.717) is 28.9 Å². The fraction of sp³-hybridized carbons (Fsp3) is 0.138. The number of nitrogens with zero attached hydrogens (tertiary/aromatic N) is 6. The van der Waals surface area contributed by atoms with Crippen LogP contribution in [0.3, 0.4) is 0 Å². The molecule has 172 valence electrons. The van der Waals surface area contributed by atoms with Gasteiger partial charge in [0.2, 0.25) is 0 Å². The van der Waals surface area contributed by atoms with Crippen molar-refractivity contribution < 1.29 is 0 Å². The normalized spacial score (nSPS) is 12.5. The van der Waals surface area contributed by atoms with Crippen LogP contribution < -0.4 is 0 Å². The maximum absolute atomic E-state index is 4.85. The van der Waals surface area contributed by atoms with Crippen molar-refractivity contribution in [1.29, 1.82) is 0 Å². The Kier molecular flexibility index (Phi) is 6.52. The first-order valence-electron chi connectivity index (χ1n) is 11.8. The molecular formula is C29H26N6. The van der Waals surface area contributed by atoms with Gasteiger partial charge in [0, 0.05) is 11.6 Å². The van der Waals surface area contributed by atoms with E-state index in [1.54, 1.807) is 6.20 Å². The van der Waals surface area contributed by atoms with Crippen LogP contribution in [0.15, 0.2) is 97.2 Å². The number of allylic oxidation sites excluding steroid dienone is 6. The molecule has 0 spiro atoms. The van der Waals surface area contributed by atoms with E-state index < -0.39 is 0 Å². The van der Waals surface area contributed by atoms with Gasteiger partial charge in [0.1, 0.15) is 11.4 Å². The van der Waals surface area contributed by atoms with Crippen molar-refractivity contribution in [3.63, 3.8) is 0 Å². The first-order chi connectivity index (χ1) is 17.2. The first-order valence-corrected chi connectivity index (χ1v) is 11.8. The molecule has 0 saturated heterocycles. The number of para-hydroxylation sites is 1. The average molecular weight is 459 g/mol. The molecule has 0 aliphatic rings. The molecule has 0 aliphatic heterocycles. The van der Waals surface area contributed by atoms with Crippen molar-refractivity contribution in [3.8, 4) is 23.0 Å². The average Bonchev–Trinajstić information content (AvgIpc) is 3.36. The zero-order valence-electron chi connectivity index (χ0n) is 19.8. The second-order valence-corrected chi connectivity index (χ2v) is 8.23. The van der Waals surface area contributed by atoms with Crippen LogP contribution in [0.1, 0.15) is 32.5 Å². The van der Waals surface area contributed by atoms with Crippen LogP contribution in [0, 0.1) is 0 Å². The Morgan fingerprint density at radius 1 is 0.857 bits per heavy atom. The Hall–Kier alpha value is -4.45. The molecule has 0 aliphatic carbocycles. The molecular weight excluding hydrogens is 432 g/mol. The van der Waals surface area contributed by atoms with Crippen LogP contribution >= 0.6 is 0 Å². The fourth-order valence-corrected chi connectivity index (χ4v) is 3.77. The summed E-state index contributed by atoms with van der Waals surface area (Å²) in [5.41, 5.74) is 4.33. The van der Waals surface area contributed by atoms with Crippen molar-refractivity contribution in [3.05, 3.63) is 103 Å². The molecule has 0 unspecified atom stereocenters. The van der Waals surface area contributed by atoms with Crippen molar-refractivity contribution >= 4 is 22.0 Å². The summed E-state index contributed by atoms with van der Waals surface area (Å²) in [6.07, 6.45) is 14.2. The number of hydrogen-bond donors (Lipinski definition) is 0. The summed E-state index contributed by atoms with van der Waals surface area (Å²) in [6, 6.07) is 20.1. The zero-order chi connectivity index (χ0) is 24.0. The highest BCUT2D eigenvalue weighted by Gasteiger charge is 2.15. The molecule has 0 bridgehead atoms. The minimum Gasteiger partial charge on any atom is -0.253 e. The highest BCUT2D eigenvalue weighted by Crippen LogP contribution is 2.24. The molecule has 6 heteroatoms. The Labute approximate surface area is 204 Å². The summed E-state index contributed by atoms with van der Waals surface area (Å²) in [4.78, 5) is 18.7. The molecule has 4 aromatic heterocycles. The molecule has 5 aromatic rings. The quantitative estimate of drug-likeness (QED) is 0.253. The standard InChI is InChI=1S/C29H26N6/c1-3-4-5-6-7-8-13-21(2)27-31-28(24-15-11-12-19-30-24)33-29(32-27)25-20-23-18-17-22-14-9-10-16-26(22)35(23)34-25/h5-20H,3-4H2,1-2H3/b6-5-,8-7-,21-13+. The maximum Gasteiger partial charge on any atom is 0.184 e. The van der Waals surface area contributed by atoms with E-state index in [-0.39, 0.29) is 0 Å². The van der Waals surface area contributed by atoms with E-state index in [1.807, 2.05) is 66.1 Å². The van der Waals surface area contributed by atoms with Gasteiger partial charge >= 0.3 is 0 Å². The molecule has 4 heterocycles. The second kappa shape index (κ2) is 10.2. The van der Waals surface area contributed by atoms with Gasteiger partial charge in [-0.2, -0.15) is 5.10 Å². The van der Waals surface area contributed by atoms with Crippen LogP contribution in [-0.2, 0) is 0 Å². The highest BCUT2D eigenvalue weighted by molar-refractivity contribution is 5.83. The van der Waals surface area contributed by atoms with Crippen LogP contribution in [0.25, 0.3) is 45.0 Å². The number of fused-ring (bicyclic) bond motifs is 3. The summed E-state index contributed by atoms with van der Waals surface area (Å²) in [6.45, 7) is 4.17. The molecule has 0 radical (unpaired) electrons. The van der Waals surface area contributed by atoms with Gasteiger partial charge in [0.15, 0.2) is 17.5 Å². The molecule has 0 amide bonds. The van der Waals surface area contributed by atoms with E-state index in [1.165, 1.54) is 0 Å². The lowest BCUT2D eigenvalue weighted by Gasteiger charge is -2.06. The van der Waals surface area contributed by atoms with Crippen LogP contribution in [0.2, 0.25) is 0 Å². The van der Waals surface area contributed by atoms with Gasteiger partial charge in [0.05, 0.1) is 11.0 Å². The first kappa shape index (κ1) is 22.3. The predicted octanol–water partition coefficient (Wildman–Crippen LogP) is 6.72. The highest BCUT2D eigenvalue weighted by atomic mass is 15.2. The van der Waals surface area contributed by atoms with E-state index in [2.05, 4.69) is 48.3 Å². The molecule has 0 saturated carbocycles. The van der Waals surface area contributed by atoms with E-state index in [9.17, 15) is 0 Å². The van der Waals surface area contributed by atoms with Gasteiger partial charge in [-0.15, -0.1) is 0 Å². The summed E-state index contributed by atoms with van der Waals surface area (Å²) < 4.78 is 1.93. The van der Waals surface area contributed by atoms with Gasteiger partial charge in [-0.25, -0.2) is 19.5 Å². The monoisotopic (exact) mass is 458 g/mol. The second-order valence-electron chi connectivity index (χ2n) is 8.23. The van der Waals surface area contributed by atoms with Gasteiger partial charge < -0.3 is 0 Å². The molecule has 0 atom stereocenters. The number of rotatable bonds is 7. The third-order valence-electron chi connectivity index (χ3n) is 5.61. The van der Waals surface area contributed by atoms with Gasteiger partial charge in [-0.1, -0.05) is 74.1 Å². The van der Waals surface area contributed by atoms with Gasteiger partial charge in [-0.3, -0.25) is 4.98 Å². The van der Waals surface area contributed by atoms with Crippen molar-refractivity contribution in [2.24, 2.45) is 0 Å².